The van der Waals surface area contributed by atoms with Gasteiger partial charge in [-0.25, -0.2) is 4.98 Å². The number of hydrogen-bond donors (Lipinski definition) is 1. The van der Waals surface area contributed by atoms with Crippen molar-refractivity contribution in [2.45, 2.75) is 19.5 Å². The maximum atomic E-state index is 12.1. The van der Waals surface area contributed by atoms with Crippen LogP contribution in [0, 0.1) is 0 Å². The van der Waals surface area contributed by atoms with Crippen molar-refractivity contribution in [3.05, 3.63) is 50.9 Å². The maximum absolute atomic E-state index is 12.1. The molecule has 0 saturated carbocycles. The van der Waals surface area contributed by atoms with E-state index in [0.29, 0.717) is 26.1 Å². The van der Waals surface area contributed by atoms with Crippen LogP contribution in [0.4, 0.5) is 0 Å². The van der Waals surface area contributed by atoms with E-state index in [9.17, 15) is 4.79 Å². The van der Waals surface area contributed by atoms with Crippen LogP contribution in [0.1, 0.15) is 17.7 Å². The molecule has 0 aliphatic carbocycles. The Hall–Kier alpha value is -1.24. The van der Waals surface area contributed by atoms with Gasteiger partial charge < -0.3 is 10.2 Å². The smallest absolute Gasteiger partial charge is 0.223 e. The largest absolute Gasteiger partial charge is 0.341 e. The van der Waals surface area contributed by atoms with Gasteiger partial charge in [0.15, 0.2) is 0 Å². The van der Waals surface area contributed by atoms with Gasteiger partial charge in [0, 0.05) is 43.0 Å². The number of amides is 1. The van der Waals surface area contributed by atoms with Crippen molar-refractivity contribution in [1.29, 1.82) is 0 Å². The second-order valence-corrected chi connectivity index (χ2v) is 6.32. The molecule has 1 aromatic heterocycles. The number of halogens is 1. The molecule has 1 amide bonds. The van der Waals surface area contributed by atoms with Gasteiger partial charge in [-0.1, -0.05) is 34.1 Å². The van der Waals surface area contributed by atoms with Crippen LogP contribution in [-0.2, 0) is 17.9 Å². The van der Waals surface area contributed by atoms with Gasteiger partial charge >= 0.3 is 0 Å². The zero-order chi connectivity index (χ0) is 15.1. The van der Waals surface area contributed by atoms with Crippen molar-refractivity contribution in [2.75, 3.05) is 13.6 Å². The number of hydrogen-bond acceptors (Lipinski definition) is 4. The van der Waals surface area contributed by atoms with Crippen LogP contribution in [0.3, 0.4) is 0 Å². The molecule has 0 saturated heterocycles. The minimum absolute atomic E-state index is 0.136. The number of carbonyl (C=O) groups excluding carboxylic acids is 1. The Kier molecular flexibility index (Phi) is 6.35. The van der Waals surface area contributed by atoms with Crippen molar-refractivity contribution in [2.24, 2.45) is 0 Å². The van der Waals surface area contributed by atoms with E-state index in [0.717, 1.165) is 15.7 Å². The molecule has 1 N–H and O–H groups in total. The van der Waals surface area contributed by atoms with Gasteiger partial charge in [-0.2, -0.15) is 0 Å². The first-order chi connectivity index (χ1) is 10.2. The van der Waals surface area contributed by atoms with Crippen molar-refractivity contribution >= 4 is 33.2 Å². The van der Waals surface area contributed by atoms with Crippen LogP contribution >= 0.6 is 27.3 Å². The maximum Gasteiger partial charge on any atom is 0.223 e. The summed E-state index contributed by atoms with van der Waals surface area (Å²) < 4.78 is 1.03. The number of rotatable bonds is 7. The van der Waals surface area contributed by atoms with E-state index in [-0.39, 0.29) is 5.91 Å². The molecule has 0 atom stereocenters. The van der Waals surface area contributed by atoms with Gasteiger partial charge in [0.05, 0.1) is 11.2 Å². The van der Waals surface area contributed by atoms with Crippen LogP contribution in [0.15, 0.2) is 39.6 Å². The molecule has 0 radical (unpaired) electrons. The van der Waals surface area contributed by atoms with E-state index in [4.69, 9.17) is 0 Å². The van der Waals surface area contributed by atoms with E-state index in [1.807, 2.05) is 42.2 Å². The van der Waals surface area contributed by atoms with Gasteiger partial charge in [-0.05, 0) is 11.6 Å². The lowest BCUT2D eigenvalue weighted by Gasteiger charge is -2.18. The summed E-state index contributed by atoms with van der Waals surface area (Å²) >= 11 is 5.08. The van der Waals surface area contributed by atoms with Crippen LogP contribution < -0.4 is 5.32 Å². The molecular weight excluding hydrogens is 350 g/mol. The molecule has 0 unspecified atom stereocenters. The average molecular weight is 368 g/mol. The lowest BCUT2D eigenvalue weighted by atomic mass is 10.2. The molecule has 21 heavy (non-hydrogen) atoms. The highest BCUT2D eigenvalue weighted by Crippen LogP contribution is 2.17. The summed E-state index contributed by atoms with van der Waals surface area (Å²) in [6.07, 6.45) is 0.491. The average Bonchev–Trinajstić information content (AvgIpc) is 2.99. The Morgan fingerprint density at radius 3 is 2.95 bits per heavy atom. The van der Waals surface area contributed by atoms with E-state index in [1.165, 1.54) is 0 Å². The standard InChI is InChI=1S/C15H18BrN3OS/c1-19(9-12-4-2-3-5-14(12)16)15(20)6-7-17-8-13-10-21-11-18-13/h2-5,10-11,17H,6-9H2,1H3. The molecule has 0 bridgehead atoms. The zero-order valence-corrected chi connectivity index (χ0v) is 14.3. The predicted molar refractivity (Wildman–Crippen MR) is 89.1 cm³/mol. The third-order valence-electron chi connectivity index (χ3n) is 3.10. The highest BCUT2D eigenvalue weighted by molar-refractivity contribution is 9.10. The Labute approximate surface area is 137 Å². The SMILES string of the molecule is CN(Cc1ccccc1Br)C(=O)CCNCc1cscn1. The number of thiazole rings is 1. The molecule has 0 fully saturated rings. The molecule has 112 valence electrons. The van der Waals surface area contributed by atoms with Gasteiger partial charge in [0.25, 0.3) is 0 Å². The lowest BCUT2D eigenvalue weighted by molar-refractivity contribution is -0.130. The highest BCUT2D eigenvalue weighted by atomic mass is 79.9. The monoisotopic (exact) mass is 367 g/mol. The van der Waals surface area contributed by atoms with Crippen LogP contribution in [-0.4, -0.2) is 29.4 Å². The Balaban J connectivity index is 1.71. The number of carbonyl (C=O) groups is 1. The highest BCUT2D eigenvalue weighted by Gasteiger charge is 2.10. The Morgan fingerprint density at radius 2 is 2.24 bits per heavy atom. The number of nitrogens with zero attached hydrogens (tertiary/aromatic N) is 2. The summed E-state index contributed by atoms with van der Waals surface area (Å²) in [5.74, 6) is 0.136. The summed E-state index contributed by atoms with van der Waals surface area (Å²) in [7, 11) is 1.84. The number of aromatic nitrogens is 1. The quantitative estimate of drug-likeness (QED) is 0.764. The van der Waals surface area contributed by atoms with Gasteiger partial charge in [-0.15, -0.1) is 11.3 Å². The molecule has 0 aliphatic heterocycles. The van der Waals surface area contributed by atoms with Crippen LogP contribution in [0.2, 0.25) is 0 Å². The van der Waals surface area contributed by atoms with Crippen molar-refractivity contribution in [1.82, 2.24) is 15.2 Å². The fourth-order valence-electron chi connectivity index (χ4n) is 1.90. The number of nitrogens with one attached hydrogen (secondary N) is 1. The molecule has 1 aromatic carbocycles. The molecule has 2 rings (SSSR count). The van der Waals surface area contributed by atoms with E-state index >= 15 is 0 Å². The lowest BCUT2D eigenvalue weighted by Crippen LogP contribution is -2.29. The topological polar surface area (TPSA) is 45.2 Å². The summed E-state index contributed by atoms with van der Waals surface area (Å²) in [4.78, 5) is 18.0. The summed E-state index contributed by atoms with van der Waals surface area (Å²) in [6.45, 7) is 1.99. The molecule has 1 heterocycles. The molecule has 2 aromatic rings. The van der Waals surface area contributed by atoms with Gasteiger partial charge in [0.2, 0.25) is 5.91 Å². The Morgan fingerprint density at radius 1 is 1.43 bits per heavy atom. The fourth-order valence-corrected chi connectivity index (χ4v) is 2.87. The third kappa shape index (κ3) is 5.22. The Bertz CT molecular complexity index is 574. The van der Waals surface area contributed by atoms with E-state index < -0.39 is 0 Å². The second-order valence-electron chi connectivity index (χ2n) is 4.75. The van der Waals surface area contributed by atoms with Crippen LogP contribution in [0.25, 0.3) is 0 Å². The first kappa shape index (κ1) is 16.1. The third-order valence-corrected chi connectivity index (χ3v) is 4.51. The minimum atomic E-state index is 0.136. The van der Waals surface area contributed by atoms with E-state index in [2.05, 4.69) is 26.2 Å². The van der Waals surface area contributed by atoms with Crippen molar-refractivity contribution < 1.29 is 4.79 Å². The fraction of sp³-hybridized carbons (Fsp3) is 0.333. The second kappa shape index (κ2) is 8.26. The summed E-state index contributed by atoms with van der Waals surface area (Å²) in [5, 5.41) is 5.24. The summed E-state index contributed by atoms with van der Waals surface area (Å²) in [5.41, 5.74) is 3.95. The van der Waals surface area contributed by atoms with E-state index in [1.54, 1.807) is 16.2 Å². The molecule has 6 heteroatoms. The number of benzene rings is 1. The van der Waals surface area contributed by atoms with Gasteiger partial charge in [0.1, 0.15) is 0 Å². The molecular formula is C15H18BrN3OS. The van der Waals surface area contributed by atoms with Gasteiger partial charge in [-0.3, -0.25) is 4.79 Å². The summed E-state index contributed by atoms with van der Waals surface area (Å²) in [6, 6.07) is 7.96. The first-order valence-electron chi connectivity index (χ1n) is 6.72. The van der Waals surface area contributed by atoms with Crippen LogP contribution in [0.5, 0.6) is 0 Å². The first-order valence-corrected chi connectivity index (χ1v) is 8.45. The molecule has 4 nitrogen and oxygen atoms in total. The van der Waals surface area contributed by atoms with Crippen molar-refractivity contribution in [3.63, 3.8) is 0 Å². The molecule has 0 aliphatic rings. The molecule has 0 spiro atoms. The zero-order valence-electron chi connectivity index (χ0n) is 11.9. The normalized spacial score (nSPS) is 10.6. The predicted octanol–water partition coefficient (Wildman–Crippen LogP) is 3.04. The minimum Gasteiger partial charge on any atom is -0.341 e. The van der Waals surface area contributed by atoms with Crippen molar-refractivity contribution in [3.8, 4) is 0 Å².